The van der Waals surface area contributed by atoms with Gasteiger partial charge >= 0.3 is 6.36 Å². The highest BCUT2D eigenvalue weighted by Gasteiger charge is 2.31. The average Bonchev–Trinajstić information content (AvgIpc) is 2.73. The predicted molar refractivity (Wildman–Crippen MR) is 111 cm³/mol. The molecular formula is C21H21F3N4O3. The van der Waals surface area contributed by atoms with Gasteiger partial charge < -0.3 is 24.8 Å². The number of methoxy groups -OCH3 is 2. The van der Waals surface area contributed by atoms with Gasteiger partial charge in [0.05, 0.1) is 25.6 Å². The van der Waals surface area contributed by atoms with Gasteiger partial charge in [-0.3, -0.25) is 0 Å². The summed E-state index contributed by atoms with van der Waals surface area (Å²) in [5, 5.41) is 6.17. The van der Waals surface area contributed by atoms with Crippen LogP contribution in [0.2, 0.25) is 0 Å². The van der Waals surface area contributed by atoms with Crippen LogP contribution in [0.25, 0.3) is 11.3 Å². The smallest absolute Gasteiger partial charge is 0.497 e. The number of nitrogens with zero attached hydrogens (tertiary/aromatic N) is 2. The molecule has 7 nitrogen and oxygen atoms in total. The van der Waals surface area contributed by atoms with Crippen molar-refractivity contribution in [3.8, 4) is 28.5 Å². The molecule has 31 heavy (non-hydrogen) atoms. The molecular weight excluding hydrogens is 413 g/mol. The number of aromatic nitrogens is 2. The predicted octanol–water partition coefficient (Wildman–Crippen LogP) is 5.23. The monoisotopic (exact) mass is 434 g/mol. The van der Waals surface area contributed by atoms with Crippen LogP contribution in [-0.2, 0) is 0 Å². The molecule has 0 aliphatic carbocycles. The van der Waals surface area contributed by atoms with E-state index in [4.69, 9.17) is 9.47 Å². The van der Waals surface area contributed by atoms with Crippen LogP contribution in [0, 0.1) is 0 Å². The fourth-order valence-corrected chi connectivity index (χ4v) is 2.79. The summed E-state index contributed by atoms with van der Waals surface area (Å²) in [6, 6.07) is 12.5. The molecule has 0 aliphatic rings. The first kappa shape index (κ1) is 22.0. The van der Waals surface area contributed by atoms with Crippen LogP contribution >= 0.6 is 0 Å². The van der Waals surface area contributed by atoms with Crippen molar-refractivity contribution in [2.45, 2.75) is 13.3 Å². The molecule has 3 rings (SSSR count). The summed E-state index contributed by atoms with van der Waals surface area (Å²) in [4.78, 5) is 8.80. The van der Waals surface area contributed by atoms with Gasteiger partial charge in [0, 0.05) is 24.2 Å². The van der Waals surface area contributed by atoms with Crippen molar-refractivity contribution < 1.29 is 27.4 Å². The lowest BCUT2D eigenvalue weighted by Gasteiger charge is -2.14. The number of benzene rings is 2. The van der Waals surface area contributed by atoms with Gasteiger partial charge in [0.2, 0.25) is 5.95 Å². The van der Waals surface area contributed by atoms with Gasteiger partial charge in [-0.05, 0) is 31.2 Å². The second kappa shape index (κ2) is 9.41. The third-order valence-electron chi connectivity index (χ3n) is 4.10. The Morgan fingerprint density at radius 1 is 0.935 bits per heavy atom. The van der Waals surface area contributed by atoms with Crippen molar-refractivity contribution in [2.75, 3.05) is 31.4 Å². The van der Waals surface area contributed by atoms with Gasteiger partial charge in [-0.2, -0.15) is 4.98 Å². The summed E-state index contributed by atoms with van der Waals surface area (Å²) in [5.41, 5.74) is 1.48. The zero-order valence-electron chi connectivity index (χ0n) is 17.1. The first-order valence-corrected chi connectivity index (χ1v) is 9.29. The highest BCUT2D eigenvalue weighted by atomic mass is 19.4. The molecule has 0 radical (unpaired) electrons. The molecule has 0 atom stereocenters. The molecule has 0 amide bonds. The van der Waals surface area contributed by atoms with E-state index in [0.29, 0.717) is 46.8 Å². The van der Waals surface area contributed by atoms with E-state index in [-0.39, 0.29) is 5.75 Å². The van der Waals surface area contributed by atoms with Gasteiger partial charge in [0.25, 0.3) is 0 Å². The van der Waals surface area contributed by atoms with E-state index in [1.807, 2.05) is 6.92 Å². The fourth-order valence-electron chi connectivity index (χ4n) is 2.79. The maximum Gasteiger partial charge on any atom is 0.573 e. The molecule has 1 heterocycles. The molecule has 1 aromatic heterocycles. The number of nitrogens with one attached hydrogen (secondary N) is 2. The molecule has 10 heteroatoms. The highest BCUT2D eigenvalue weighted by molar-refractivity contribution is 5.71. The average molecular weight is 434 g/mol. The van der Waals surface area contributed by atoms with Crippen LogP contribution in [0.5, 0.6) is 17.2 Å². The van der Waals surface area contributed by atoms with Gasteiger partial charge in [-0.15, -0.1) is 13.2 Å². The number of anilines is 3. The lowest BCUT2D eigenvalue weighted by atomic mass is 10.1. The van der Waals surface area contributed by atoms with E-state index in [1.165, 1.54) is 25.3 Å². The molecule has 0 aliphatic heterocycles. The van der Waals surface area contributed by atoms with Crippen LogP contribution in [0.15, 0.2) is 48.5 Å². The maximum absolute atomic E-state index is 12.6. The van der Waals surface area contributed by atoms with E-state index in [2.05, 4.69) is 25.3 Å². The molecule has 2 aromatic carbocycles. The van der Waals surface area contributed by atoms with Crippen LogP contribution in [-0.4, -0.2) is 37.1 Å². The number of hydrogen-bond donors (Lipinski definition) is 2. The minimum absolute atomic E-state index is 0.317. The largest absolute Gasteiger partial charge is 0.573 e. The summed E-state index contributed by atoms with van der Waals surface area (Å²) in [6.07, 6.45) is -4.78. The second-order valence-corrected chi connectivity index (χ2v) is 6.26. The zero-order valence-corrected chi connectivity index (χ0v) is 17.1. The lowest BCUT2D eigenvalue weighted by Crippen LogP contribution is -2.17. The van der Waals surface area contributed by atoms with Crippen LogP contribution < -0.4 is 24.8 Å². The van der Waals surface area contributed by atoms with Gasteiger partial charge in [0.15, 0.2) is 0 Å². The van der Waals surface area contributed by atoms with Crippen LogP contribution in [0.1, 0.15) is 6.92 Å². The van der Waals surface area contributed by atoms with E-state index in [9.17, 15) is 13.2 Å². The first-order valence-electron chi connectivity index (χ1n) is 9.29. The standard InChI is InChI=1S/C21H21F3N4O3/c1-4-25-20-27-17(13-6-5-7-15(10-13)31-21(22,23)24)12-19(28-20)26-16-9-8-14(29-2)11-18(16)30-3/h5-12H,4H2,1-3H3,(H2,25,26,27,28). The number of ether oxygens (including phenoxy) is 3. The summed E-state index contributed by atoms with van der Waals surface area (Å²) in [5.74, 6) is 1.56. The normalized spacial score (nSPS) is 11.0. The molecule has 3 aromatic rings. The topological polar surface area (TPSA) is 77.5 Å². The zero-order chi connectivity index (χ0) is 22.4. The lowest BCUT2D eigenvalue weighted by molar-refractivity contribution is -0.274. The summed E-state index contributed by atoms with van der Waals surface area (Å²) >= 11 is 0. The number of halogens is 3. The molecule has 164 valence electrons. The summed E-state index contributed by atoms with van der Waals surface area (Å²) < 4.78 is 52.4. The third kappa shape index (κ3) is 5.91. The summed E-state index contributed by atoms with van der Waals surface area (Å²) in [6.45, 7) is 2.44. The maximum atomic E-state index is 12.6. The highest BCUT2D eigenvalue weighted by Crippen LogP contribution is 2.33. The number of hydrogen-bond acceptors (Lipinski definition) is 7. The van der Waals surface area contributed by atoms with Crippen molar-refractivity contribution in [3.63, 3.8) is 0 Å². The number of alkyl halides is 3. The second-order valence-electron chi connectivity index (χ2n) is 6.26. The Balaban J connectivity index is 1.98. The third-order valence-corrected chi connectivity index (χ3v) is 4.10. The Kier molecular flexibility index (Phi) is 6.68. The van der Waals surface area contributed by atoms with Crippen molar-refractivity contribution >= 4 is 17.5 Å². The Hall–Kier alpha value is -3.69. The molecule has 2 N–H and O–H groups in total. The van der Waals surface area contributed by atoms with Crippen molar-refractivity contribution in [3.05, 3.63) is 48.5 Å². The van der Waals surface area contributed by atoms with Gasteiger partial charge in [-0.25, -0.2) is 4.98 Å². The SMILES string of the molecule is CCNc1nc(Nc2ccc(OC)cc2OC)cc(-c2cccc(OC(F)(F)F)c2)n1. The van der Waals surface area contributed by atoms with Crippen molar-refractivity contribution in [2.24, 2.45) is 0 Å². The summed E-state index contributed by atoms with van der Waals surface area (Å²) in [7, 11) is 3.08. The Labute approximate surface area is 177 Å². The fraction of sp³-hybridized carbons (Fsp3) is 0.238. The van der Waals surface area contributed by atoms with Crippen molar-refractivity contribution in [1.29, 1.82) is 0 Å². The Bertz CT molecular complexity index is 1040. The minimum atomic E-state index is -4.78. The van der Waals surface area contributed by atoms with Gasteiger partial charge in [0.1, 0.15) is 23.1 Å². The van der Waals surface area contributed by atoms with E-state index in [0.717, 1.165) is 0 Å². The molecule has 0 unspecified atom stereocenters. The van der Waals surface area contributed by atoms with E-state index >= 15 is 0 Å². The molecule has 0 fully saturated rings. The first-order chi connectivity index (χ1) is 14.8. The molecule has 0 bridgehead atoms. The molecule has 0 saturated carbocycles. The van der Waals surface area contributed by atoms with E-state index in [1.54, 1.807) is 37.4 Å². The minimum Gasteiger partial charge on any atom is -0.497 e. The van der Waals surface area contributed by atoms with Crippen molar-refractivity contribution in [1.82, 2.24) is 9.97 Å². The van der Waals surface area contributed by atoms with Crippen LogP contribution in [0.4, 0.5) is 30.6 Å². The van der Waals surface area contributed by atoms with Gasteiger partial charge in [-0.1, -0.05) is 12.1 Å². The number of rotatable bonds is 8. The Morgan fingerprint density at radius 3 is 2.42 bits per heavy atom. The Morgan fingerprint density at radius 2 is 1.74 bits per heavy atom. The van der Waals surface area contributed by atoms with Crippen LogP contribution in [0.3, 0.4) is 0 Å². The quantitative estimate of drug-likeness (QED) is 0.502. The molecule has 0 saturated heterocycles. The van der Waals surface area contributed by atoms with E-state index < -0.39 is 6.36 Å². The molecule has 0 spiro atoms.